The van der Waals surface area contributed by atoms with E-state index in [1.165, 1.54) is 6.21 Å². The summed E-state index contributed by atoms with van der Waals surface area (Å²) in [5.41, 5.74) is 3.53. The molecule has 5 rings (SSSR count). The number of amides is 1. The average Bonchev–Trinajstić information content (AvgIpc) is 2.92. The van der Waals surface area contributed by atoms with Crippen molar-refractivity contribution in [2.45, 2.75) is 25.0 Å². The van der Waals surface area contributed by atoms with Gasteiger partial charge in [-0.2, -0.15) is 0 Å². The number of benzene rings is 3. The summed E-state index contributed by atoms with van der Waals surface area (Å²) in [6.07, 6.45) is 2.54. The summed E-state index contributed by atoms with van der Waals surface area (Å²) in [7, 11) is 1.86. The smallest absolute Gasteiger partial charge is 0.255 e. The van der Waals surface area contributed by atoms with E-state index in [-0.39, 0.29) is 5.91 Å². The van der Waals surface area contributed by atoms with E-state index in [0.29, 0.717) is 48.9 Å². The molecule has 0 bridgehead atoms. The Morgan fingerprint density at radius 2 is 1.83 bits per heavy atom. The van der Waals surface area contributed by atoms with Gasteiger partial charge >= 0.3 is 0 Å². The molecule has 2 aliphatic heterocycles. The molecule has 3 aromatic rings. The molecule has 1 spiro atoms. The van der Waals surface area contributed by atoms with Gasteiger partial charge in [0.2, 0.25) is 0 Å². The highest BCUT2D eigenvalue weighted by molar-refractivity contribution is 6.34. The number of fused-ring (bicyclic) bond motifs is 1. The van der Waals surface area contributed by atoms with Crippen LogP contribution in [-0.4, -0.2) is 42.8 Å². The molecule has 1 amide bonds. The fourth-order valence-corrected chi connectivity index (χ4v) is 5.24. The Morgan fingerprint density at radius 1 is 1.11 bits per heavy atom. The lowest BCUT2D eigenvalue weighted by molar-refractivity contribution is 0.0291. The molecule has 0 aliphatic carbocycles. The average molecular weight is 502 g/mol. The molecule has 0 atom stereocenters. The van der Waals surface area contributed by atoms with E-state index in [2.05, 4.69) is 5.32 Å². The fraction of sp³-hybridized carbons (Fsp3) is 0.241. The van der Waals surface area contributed by atoms with Crippen molar-refractivity contribution in [3.8, 4) is 11.5 Å². The number of hydrogen-bond acceptors (Lipinski definition) is 5. The second-order valence-electron chi connectivity index (χ2n) is 8.98. The topological polar surface area (TPSA) is 74.7 Å². The van der Waals surface area contributed by atoms with E-state index >= 15 is 0 Å². The molecule has 0 aromatic heterocycles. The van der Waals surface area contributed by atoms with Gasteiger partial charge in [-0.3, -0.25) is 4.79 Å². The third-order valence-electron chi connectivity index (χ3n) is 6.89. The molecule has 2 N–H and O–H groups in total. The Balaban J connectivity index is 1.29. The Morgan fingerprint density at radius 3 is 2.53 bits per heavy atom. The molecular weight excluding hydrogens is 474 g/mol. The molecule has 36 heavy (non-hydrogen) atoms. The van der Waals surface area contributed by atoms with Crippen LogP contribution in [0.25, 0.3) is 5.70 Å². The van der Waals surface area contributed by atoms with Gasteiger partial charge in [0.25, 0.3) is 5.91 Å². The lowest BCUT2D eigenvalue weighted by Crippen LogP contribution is -2.53. The van der Waals surface area contributed by atoms with E-state index in [0.717, 1.165) is 28.1 Å². The Hall–Kier alpha value is -3.77. The fourth-order valence-electron chi connectivity index (χ4n) is 4.99. The molecule has 3 aromatic carbocycles. The largest absolute Gasteiger partial charge is 0.489 e. The summed E-state index contributed by atoms with van der Waals surface area (Å²) < 4.78 is 12.3. The standard InChI is InChI=1S/C29H28ClN3O3/c1-32-27-23-9-5-6-10-26(23)36-29(24(27)18-31)13-15-33(16-14-29)28(34)22-12-11-21(17-25(22)30)35-19-20-7-3-2-4-8-20/h2-12,17-18,31-32H,13-16,19H2,1H3. The Kier molecular flexibility index (Phi) is 6.70. The summed E-state index contributed by atoms with van der Waals surface area (Å²) in [6, 6.07) is 22.9. The highest BCUT2D eigenvalue weighted by atomic mass is 35.5. The Labute approximate surface area is 216 Å². The molecule has 0 unspecified atom stereocenters. The van der Waals surface area contributed by atoms with Crippen molar-refractivity contribution in [1.82, 2.24) is 10.2 Å². The molecule has 7 heteroatoms. The summed E-state index contributed by atoms with van der Waals surface area (Å²) >= 11 is 6.51. The minimum absolute atomic E-state index is 0.116. The molecule has 184 valence electrons. The van der Waals surface area contributed by atoms with E-state index in [1.54, 1.807) is 23.1 Å². The number of carbonyl (C=O) groups excluding carboxylic acids is 1. The normalized spacial score (nSPS) is 16.2. The van der Waals surface area contributed by atoms with Gasteiger partial charge in [-0.1, -0.05) is 54.1 Å². The zero-order valence-corrected chi connectivity index (χ0v) is 20.8. The van der Waals surface area contributed by atoms with Crippen molar-refractivity contribution in [3.05, 3.63) is 100 Å². The maximum Gasteiger partial charge on any atom is 0.255 e. The second-order valence-corrected chi connectivity index (χ2v) is 9.39. The Bertz CT molecular complexity index is 1310. The van der Waals surface area contributed by atoms with Crippen LogP contribution in [0.4, 0.5) is 0 Å². The van der Waals surface area contributed by atoms with Crippen molar-refractivity contribution in [2.75, 3.05) is 20.1 Å². The number of piperidine rings is 1. The van der Waals surface area contributed by atoms with Gasteiger partial charge in [0, 0.05) is 50.3 Å². The van der Waals surface area contributed by atoms with E-state index in [9.17, 15) is 4.79 Å². The molecule has 1 saturated heterocycles. The summed E-state index contributed by atoms with van der Waals surface area (Å²) in [4.78, 5) is 15.2. The zero-order chi connectivity index (χ0) is 25.1. The summed E-state index contributed by atoms with van der Waals surface area (Å²) in [5.74, 6) is 1.30. The SMILES string of the molecule is CNC1=C(C=N)C2(CCN(C(=O)c3ccc(OCc4ccccc4)cc3Cl)CC2)Oc2ccccc21. The van der Waals surface area contributed by atoms with Crippen LogP contribution in [-0.2, 0) is 6.61 Å². The number of carbonyl (C=O) groups is 1. The third kappa shape index (κ3) is 4.44. The number of halogens is 1. The number of para-hydroxylation sites is 1. The first-order valence-corrected chi connectivity index (χ1v) is 12.4. The first kappa shape index (κ1) is 23.9. The number of ether oxygens (including phenoxy) is 2. The van der Waals surface area contributed by atoms with Gasteiger partial charge in [-0.15, -0.1) is 0 Å². The van der Waals surface area contributed by atoms with Crippen molar-refractivity contribution < 1.29 is 14.3 Å². The first-order valence-electron chi connectivity index (χ1n) is 12.0. The van der Waals surface area contributed by atoms with Gasteiger partial charge in [-0.25, -0.2) is 0 Å². The highest BCUT2D eigenvalue weighted by Gasteiger charge is 2.45. The molecular formula is C29H28ClN3O3. The van der Waals surface area contributed by atoms with E-state index in [4.69, 9.17) is 26.5 Å². The van der Waals surface area contributed by atoms with Gasteiger partial charge in [0.15, 0.2) is 0 Å². The number of hydrogen-bond donors (Lipinski definition) is 2. The lowest BCUT2D eigenvalue weighted by Gasteiger charge is -2.45. The van der Waals surface area contributed by atoms with Gasteiger partial charge < -0.3 is 25.1 Å². The van der Waals surface area contributed by atoms with Crippen LogP contribution in [0.15, 0.2) is 78.4 Å². The van der Waals surface area contributed by atoms with Crippen LogP contribution in [0.3, 0.4) is 0 Å². The number of rotatable bonds is 6. The molecule has 0 radical (unpaired) electrons. The van der Waals surface area contributed by atoms with Gasteiger partial charge in [0.1, 0.15) is 23.7 Å². The second kappa shape index (κ2) is 10.1. The molecule has 0 saturated carbocycles. The lowest BCUT2D eigenvalue weighted by atomic mass is 9.80. The van der Waals surface area contributed by atoms with Gasteiger partial charge in [0.05, 0.1) is 16.3 Å². The van der Waals surface area contributed by atoms with E-state index < -0.39 is 5.60 Å². The summed E-state index contributed by atoms with van der Waals surface area (Å²) in [5, 5.41) is 11.8. The predicted molar refractivity (Wildman–Crippen MR) is 142 cm³/mol. The summed E-state index contributed by atoms with van der Waals surface area (Å²) in [6.45, 7) is 1.43. The van der Waals surface area contributed by atoms with Crippen LogP contribution >= 0.6 is 11.6 Å². The van der Waals surface area contributed by atoms with Crippen LogP contribution in [0.2, 0.25) is 5.02 Å². The van der Waals surface area contributed by atoms with Gasteiger partial charge in [-0.05, 0) is 35.9 Å². The van der Waals surface area contributed by atoms with Crippen LogP contribution < -0.4 is 14.8 Å². The van der Waals surface area contributed by atoms with Crippen molar-refractivity contribution in [3.63, 3.8) is 0 Å². The van der Waals surface area contributed by atoms with Crippen molar-refractivity contribution >= 4 is 29.4 Å². The van der Waals surface area contributed by atoms with Crippen LogP contribution in [0, 0.1) is 5.41 Å². The first-order chi connectivity index (χ1) is 17.5. The van der Waals surface area contributed by atoms with Crippen molar-refractivity contribution in [1.29, 1.82) is 5.41 Å². The third-order valence-corrected chi connectivity index (χ3v) is 7.21. The number of likely N-dealkylation sites (tertiary alicyclic amines) is 1. The minimum Gasteiger partial charge on any atom is -0.489 e. The monoisotopic (exact) mass is 501 g/mol. The number of nitrogens with one attached hydrogen (secondary N) is 2. The molecule has 2 heterocycles. The van der Waals surface area contributed by atoms with E-state index in [1.807, 2.05) is 61.6 Å². The molecule has 6 nitrogen and oxygen atoms in total. The predicted octanol–water partition coefficient (Wildman–Crippen LogP) is 5.57. The molecule has 1 fully saturated rings. The maximum atomic E-state index is 13.3. The highest BCUT2D eigenvalue weighted by Crippen LogP contribution is 2.44. The van der Waals surface area contributed by atoms with Crippen molar-refractivity contribution in [2.24, 2.45) is 0 Å². The number of nitrogens with zero attached hydrogens (tertiary/aromatic N) is 1. The zero-order valence-electron chi connectivity index (χ0n) is 20.1. The maximum absolute atomic E-state index is 13.3. The quantitative estimate of drug-likeness (QED) is 0.433. The minimum atomic E-state index is -0.649. The van der Waals surface area contributed by atoms with Crippen LogP contribution in [0.5, 0.6) is 11.5 Å². The van der Waals surface area contributed by atoms with Crippen LogP contribution in [0.1, 0.15) is 34.3 Å². The molecule has 2 aliphatic rings.